The van der Waals surface area contributed by atoms with E-state index >= 15 is 0 Å². The number of hydrogen-bond donors (Lipinski definition) is 0. The van der Waals surface area contributed by atoms with Gasteiger partial charge in [-0.3, -0.25) is 14.4 Å². The van der Waals surface area contributed by atoms with Crippen LogP contribution >= 0.6 is 0 Å². The summed E-state index contributed by atoms with van der Waals surface area (Å²) in [5.74, 6) is -0.971. The summed E-state index contributed by atoms with van der Waals surface area (Å²) in [6.07, 6.45) is 74.4. The van der Waals surface area contributed by atoms with Crippen molar-refractivity contribution < 1.29 is 28.6 Å². The Balaban J connectivity index is 4.48. The molecular formula is C63H108O6. The Morgan fingerprint density at radius 1 is 0.304 bits per heavy atom. The number of rotatable bonds is 52. The number of carbonyl (C=O) groups is 3. The first kappa shape index (κ1) is 65.6. The summed E-state index contributed by atoms with van der Waals surface area (Å²) in [5.41, 5.74) is 0. The monoisotopic (exact) mass is 961 g/mol. The second-order valence-corrected chi connectivity index (χ2v) is 19.2. The highest BCUT2D eigenvalue weighted by Gasteiger charge is 2.19. The quantitative estimate of drug-likeness (QED) is 0.0262. The van der Waals surface area contributed by atoms with E-state index in [4.69, 9.17) is 14.2 Å². The van der Waals surface area contributed by atoms with Crippen molar-refractivity contribution in [3.63, 3.8) is 0 Å². The molecule has 0 aromatic rings. The summed E-state index contributed by atoms with van der Waals surface area (Å²) < 4.78 is 16.8. The molecule has 0 aliphatic rings. The second-order valence-electron chi connectivity index (χ2n) is 19.2. The highest BCUT2D eigenvalue weighted by atomic mass is 16.6. The largest absolute Gasteiger partial charge is 0.462 e. The lowest BCUT2D eigenvalue weighted by molar-refractivity contribution is -0.167. The number of esters is 3. The summed E-state index contributed by atoms with van der Waals surface area (Å²) in [6, 6.07) is 0. The molecule has 6 nitrogen and oxygen atoms in total. The normalized spacial score (nSPS) is 12.7. The third-order valence-corrected chi connectivity index (χ3v) is 12.4. The van der Waals surface area contributed by atoms with Crippen LogP contribution in [-0.4, -0.2) is 37.2 Å². The lowest BCUT2D eigenvalue weighted by Crippen LogP contribution is -2.30. The summed E-state index contributed by atoms with van der Waals surface area (Å²) in [5, 5.41) is 0. The minimum Gasteiger partial charge on any atom is -0.462 e. The lowest BCUT2D eigenvalue weighted by atomic mass is 10.0. The van der Waals surface area contributed by atoms with Crippen molar-refractivity contribution in [1.82, 2.24) is 0 Å². The number of hydrogen-bond acceptors (Lipinski definition) is 6. The molecule has 0 amide bonds. The second kappa shape index (κ2) is 57.2. The Bertz CT molecular complexity index is 1330. The van der Waals surface area contributed by atoms with Gasteiger partial charge in [0.2, 0.25) is 0 Å². The minimum atomic E-state index is -0.809. The van der Waals surface area contributed by atoms with Crippen molar-refractivity contribution in [1.29, 1.82) is 0 Å². The summed E-state index contributed by atoms with van der Waals surface area (Å²) >= 11 is 0. The molecule has 0 aliphatic carbocycles. The van der Waals surface area contributed by atoms with Gasteiger partial charge in [0.05, 0.1) is 0 Å². The molecule has 0 rings (SSSR count). The molecule has 0 heterocycles. The molecule has 0 spiro atoms. The molecular weight excluding hydrogens is 853 g/mol. The van der Waals surface area contributed by atoms with Crippen LogP contribution in [0.15, 0.2) is 85.1 Å². The summed E-state index contributed by atoms with van der Waals surface area (Å²) in [4.78, 5) is 38.2. The van der Waals surface area contributed by atoms with Crippen molar-refractivity contribution in [2.45, 2.75) is 284 Å². The molecule has 396 valence electrons. The maximum Gasteiger partial charge on any atom is 0.306 e. The third kappa shape index (κ3) is 55.4. The standard InChI is InChI=1S/C63H108O6/c1-4-7-10-13-16-19-22-25-28-31-34-37-40-43-46-49-52-55-61(64)67-58-60(69-63(66)57-54-51-48-45-42-39-36-33-30-27-24-21-18-15-12-9-6-3)59-68-62(65)56-53-50-47-44-41-38-35-32-29-26-23-20-17-14-11-8-5-2/h9,12,18,21,25,27-28,30,34,36-37,39,43,46,60H,4-8,10-11,13-17,19-20,22-24,26,29,31-33,35,38,40-42,44-45,47-59H2,1-3H3/b12-9-,21-18-,28-25-,30-27-,37-34-,39-36-,46-43-/t60-/m1/s1. The Kier molecular flexibility index (Phi) is 54.3. The number of allylic oxidation sites excluding steroid dienone is 14. The van der Waals surface area contributed by atoms with Crippen LogP contribution in [0.3, 0.4) is 0 Å². The van der Waals surface area contributed by atoms with E-state index in [-0.39, 0.29) is 37.5 Å². The Morgan fingerprint density at radius 2 is 0.580 bits per heavy atom. The molecule has 6 heteroatoms. The van der Waals surface area contributed by atoms with Gasteiger partial charge in [-0.1, -0.05) is 254 Å². The van der Waals surface area contributed by atoms with Crippen molar-refractivity contribution in [2.75, 3.05) is 13.2 Å². The molecule has 0 aromatic carbocycles. The molecule has 0 saturated heterocycles. The van der Waals surface area contributed by atoms with Crippen LogP contribution in [-0.2, 0) is 28.6 Å². The van der Waals surface area contributed by atoms with Gasteiger partial charge in [0.1, 0.15) is 13.2 Å². The van der Waals surface area contributed by atoms with Gasteiger partial charge in [0, 0.05) is 19.3 Å². The van der Waals surface area contributed by atoms with E-state index in [0.717, 1.165) is 96.3 Å². The molecule has 69 heavy (non-hydrogen) atoms. The zero-order chi connectivity index (χ0) is 50.0. The molecule has 0 saturated carbocycles. The zero-order valence-electron chi connectivity index (χ0n) is 45.3. The third-order valence-electron chi connectivity index (χ3n) is 12.4. The van der Waals surface area contributed by atoms with Gasteiger partial charge in [-0.05, 0) is 89.9 Å². The van der Waals surface area contributed by atoms with Crippen molar-refractivity contribution in [3.8, 4) is 0 Å². The van der Waals surface area contributed by atoms with E-state index in [1.165, 1.54) is 135 Å². The fourth-order valence-electron chi connectivity index (χ4n) is 8.04. The van der Waals surface area contributed by atoms with Gasteiger partial charge in [0.25, 0.3) is 0 Å². The van der Waals surface area contributed by atoms with Crippen LogP contribution in [0.25, 0.3) is 0 Å². The first-order valence-electron chi connectivity index (χ1n) is 29.1. The van der Waals surface area contributed by atoms with Gasteiger partial charge in [-0.15, -0.1) is 0 Å². The molecule has 0 aliphatic heterocycles. The Morgan fingerprint density at radius 3 is 0.942 bits per heavy atom. The fourth-order valence-corrected chi connectivity index (χ4v) is 8.04. The number of ether oxygens (including phenoxy) is 3. The SMILES string of the molecule is CC/C=C\C/C=C\C/C=C\C/C=C\CCCCCCC(=O)O[C@H](COC(=O)CCC/C=C\C/C=C\C/C=C\CCCCCCCC)COC(=O)CCCCCCCCCCCCCCCCCCC. The van der Waals surface area contributed by atoms with Crippen LogP contribution in [0.1, 0.15) is 278 Å². The topological polar surface area (TPSA) is 78.9 Å². The van der Waals surface area contributed by atoms with E-state index < -0.39 is 6.10 Å². The molecule has 0 radical (unpaired) electrons. The summed E-state index contributed by atoms with van der Waals surface area (Å²) in [7, 11) is 0. The van der Waals surface area contributed by atoms with Gasteiger partial charge in [-0.25, -0.2) is 0 Å². The van der Waals surface area contributed by atoms with Crippen LogP contribution in [0.2, 0.25) is 0 Å². The van der Waals surface area contributed by atoms with Crippen molar-refractivity contribution in [2.24, 2.45) is 0 Å². The molecule has 0 fully saturated rings. The van der Waals surface area contributed by atoms with Crippen molar-refractivity contribution in [3.05, 3.63) is 85.1 Å². The Labute approximate surface area is 426 Å². The zero-order valence-corrected chi connectivity index (χ0v) is 45.3. The van der Waals surface area contributed by atoms with Gasteiger partial charge in [0.15, 0.2) is 6.10 Å². The number of unbranched alkanes of at least 4 members (excludes halogenated alkanes) is 27. The van der Waals surface area contributed by atoms with Gasteiger partial charge in [-0.2, -0.15) is 0 Å². The summed E-state index contributed by atoms with van der Waals surface area (Å²) in [6.45, 7) is 6.48. The molecule has 0 unspecified atom stereocenters. The predicted octanol–water partition coefficient (Wildman–Crippen LogP) is 19.5. The van der Waals surface area contributed by atoms with Crippen LogP contribution in [0, 0.1) is 0 Å². The molecule has 1 atom stereocenters. The minimum absolute atomic E-state index is 0.100. The first-order chi connectivity index (χ1) is 34.0. The van der Waals surface area contributed by atoms with Gasteiger partial charge >= 0.3 is 17.9 Å². The average Bonchev–Trinajstić information content (AvgIpc) is 3.35. The van der Waals surface area contributed by atoms with E-state index in [1.807, 2.05) is 0 Å². The van der Waals surface area contributed by atoms with E-state index in [2.05, 4.69) is 106 Å². The van der Waals surface area contributed by atoms with E-state index in [9.17, 15) is 14.4 Å². The molecule has 0 N–H and O–H groups in total. The van der Waals surface area contributed by atoms with Crippen molar-refractivity contribution >= 4 is 17.9 Å². The average molecular weight is 962 g/mol. The maximum atomic E-state index is 12.9. The van der Waals surface area contributed by atoms with Crippen LogP contribution in [0.5, 0.6) is 0 Å². The van der Waals surface area contributed by atoms with E-state index in [1.54, 1.807) is 0 Å². The number of carbonyl (C=O) groups excluding carboxylic acids is 3. The highest BCUT2D eigenvalue weighted by molar-refractivity contribution is 5.71. The smallest absolute Gasteiger partial charge is 0.306 e. The van der Waals surface area contributed by atoms with Gasteiger partial charge < -0.3 is 14.2 Å². The maximum absolute atomic E-state index is 12.9. The lowest BCUT2D eigenvalue weighted by Gasteiger charge is -2.18. The molecule has 0 bridgehead atoms. The Hall–Kier alpha value is -3.41. The van der Waals surface area contributed by atoms with Crippen LogP contribution in [0.4, 0.5) is 0 Å². The van der Waals surface area contributed by atoms with Crippen LogP contribution < -0.4 is 0 Å². The first-order valence-corrected chi connectivity index (χ1v) is 29.1. The molecule has 0 aromatic heterocycles. The van der Waals surface area contributed by atoms with E-state index in [0.29, 0.717) is 19.3 Å². The predicted molar refractivity (Wildman–Crippen MR) is 297 cm³/mol. The highest BCUT2D eigenvalue weighted by Crippen LogP contribution is 2.16. The fraction of sp³-hybridized carbons (Fsp3) is 0.730.